The highest BCUT2D eigenvalue weighted by molar-refractivity contribution is 5.37. The van der Waals surface area contributed by atoms with Crippen molar-refractivity contribution >= 4 is 0 Å². The van der Waals surface area contributed by atoms with Crippen molar-refractivity contribution in [1.82, 2.24) is 4.90 Å². The summed E-state index contributed by atoms with van der Waals surface area (Å²) in [5, 5.41) is 10.4. The summed E-state index contributed by atoms with van der Waals surface area (Å²) in [6.07, 6.45) is 3.93. The number of aliphatic hydroxyl groups is 1. The van der Waals surface area contributed by atoms with Crippen molar-refractivity contribution in [2.75, 3.05) is 26.2 Å². The standard InChI is InChI=1S/C22H27NO3/c24-22-20-7-3-2-6-17(20)16-21(22)26-19-10-8-18(9-11-19)25-15-14-23-12-4-1-5-13-23/h2-3,6-11,21-22,24H,1,4-5,12-16H2. The lowest BCUT2D eigenvalue weighted by molar-refractivity contribution is 0.0493. The number of nitrogens with zero attached hydrogens (tertiary/aromatic N) is 1. The second-order valence-corrected chi connectivity index (χ2v) is 7.23. The highest BCUT2D eigenvalue weighted by Crippen LogP contribution is 2.34. The number of likely N-dealkylation sites (tertiary alicyclic amines) is 1. The van der Waals surface area contributed by atoms with Gasteiger partial charge in [-0.2, -0.15) is 0 Å². The molecule has 1 aliphatic heterocycles. The maximum Gasteiger partial charge on any atom is 0.133 e. The Hall–Kier alpha value is -2.04. The summed E-state index contributed by atoms with van der Waals surface area (Å²) in [6.45, 7) is 4.10. The summed E-state index contributed by atoms with van der Waals surface area (Å²) < 4.78 is 11.9. The van der Waals surface area contributed by atoms with Gasteiger partial charge in [0, 0.05) is 13.0 Å². The van der Waals surface area contributed by atoms with Crippen molar-refractivity contribution < 1.29 is 14.6 Å². The first-order valence-electron chi connectivity index (χ1n) is 9.67. The van der Waals surface area contributed by atoms with Crippen LogP contribution in [-0.4, -0.2) is 42.4 Å². The van der Waals surface area contributed by atoms with E-state index >= 15 is 0 Å². The van der Waals surface area contributed by atoms with E-state index in [-0.39, 0.29) is 6.10 Å². The minimum atomic E-state index is -0.563. The molecule has 1 fully saturated rings. The summed E-state index contributed by atoms with van der Waals surface area (Å²) in [4.78, 5) is 2.47. The Kier molecular flexibility index (Phi) is 5.42. The molecule has 4 rings (SSSR count). The van der Waals surface area contributed by atoms with E-state index in [2.05, 4.69) is 11.0 Å². The average molecular weight is 353 g/mol. The minimum absolute atomic E-state index is 0.224. The van der Waals surface area contributed by atoms with Crippen LogP contribution < -0.4 is 9.47 Å². The van der Waals surface area contributed by atoms with Gasteiger partial charge in [-0.25, -0.2) is 0 Å². The largest absolute Gasteiger partial charge is 0.492 e. The first kappa shape index (κ1) is 17.4. The highest BCUT2D eigenvalue weighted by Gasteiger charge is 2.32. The molecule has 2 aromatic rings. The minimum Gasteiger partial charge on any atom is -0.492 e. The molecular weight excluding hydrogens is 326 g/mol. The zero-order chi connectivity index (χ0) is 17.8. The van der Waals surface area contributed by atoms with E-state index in [1.807, 2.05) is 42.5 Å². The maximum absolute atomic E-state index is 10.4. The van der Waals surface area contributed by atoms with Gasteiger partial charge in [0.05, 0.1) is 0 Å². The number of ether oxygens (including phenoxy) is 2. The molecular formula is C22H27NO3. The number of rotatable bonds is 6. The molecule has 2 atom stereocenters. The predicted octanol–water partition coefficient (Wildman–Crippen LogP) is 3.59. The number of hydrogen-bond acceptors (Lipinski definition) is 4. The Balaban J connectivity index is 1.27. The van der Waals surface area contributed by atoms with Crippen LogP contribution in [0.5, 0.6) is 11.5 Å². The first-order chi connectivity index (χ1) is 12.8. The van der Waals surface area contributed by atoms with Crippen molar-refractivity contribution in [1.29, 1.82) is 0 Å². The quantitative estimate of drug-likeness (QED) is 0.862. The van der Waals surface area contributed by atoms with E-state index < -0.39 is 6.10 Å². The van der Waals surface area contributed by atoms with Gasteiger partial charge in [-0.05, 0) is 61.3 Å². The third kappa shape index (κ3) is 4.02. The number of aliphatic hydroxyl groups excluding tert-OH is 1. The Morgan fingerprint density at radius 1 is 0.923 bits per heavy atom. The van der Waals surface area contributed by atoms with Gasteiger partial charge in [0.25, 0.3) is 0 Å². The fourth-order valence-corrected chi connectivity index (χ4v) is 3.91. The van der Waals surface area contributed by atoms with Gasteiger partial charge in [0.2, 0.25) is 0 Å². The lowest BCUT2D eigenvalue weighted by Crippen LogP contribution is -2.33. The molecule has 1 saturated heterocycles. The van der Waals surface area contributed by atoms with Gasteiger partial charge < -0.3 is 14.6 Å². The van der Waals surface area contributed by atoms with E-state index in [1.54, 1.807) is 0 Å². The van der Waals surface area contributed by atoms with Crippen LogP contribution in [0.25, 0.3) is 0 Å². The van der Waals surface area contributed by atoms with Crippen molar-refractivity contribution in [3.63, 3.8) is 0 Å². The van der Waals surface area contributed by atoms with E-state index in [1.165, 1.54) is 37.9 Å². The molecule has 1 aliphatic carbocycles. The summed E-state index contributed by atoms with van der Waals surface area (Å²) >= 11 is 0. The van der Waals surface area contributed by atoms with E-state index in [0.29, 0.717) is 0 Å². The summed E-state index contributed by atoms with van der Waals surface area (Å²) in [6, 6.07) is 15.7. The first-order valence-corrected chi connectivity index (χ1v) is 9.67. The molecule has 0 saturated carbocycles. The molecule has 2 aromatic carbocycles. The molecule has 138 valence electrons. The molecule has 1 heterocycles. The molecule has 0 amide bonds. The third-order valence-corrected chi connectivity index (χ3v) is 5.38. The van der Waals surface area contributed by atoms with Crippen molar-refractivity contribution in [2.45, 2.75) is 37.9 Å². The molecule has 0 bridgehead atoms. The zero-order valence-electron chi connectivity index (χ0n) is 15.1. The summed E-state index contributed by atoms with van der Waals surface area (Å²) in [5.41, 5.74) is 2.15. The average Bonchev–Trinajstić information content (AvgIpc) is 3.00. The number of hydrogen-bond donors (Lipinski definition) is 1. The SMILES string of the molecule is OC1c2ccccc2CC1Oc1ccc(OCCN2CCCCC2)cc1. The fraction of sp³-hybridized carbons (Fsp3) is 0.455. The van der Waals surface area contributed by atoms with Crippen LogP contribution in [0.15, 0.2) is 48.5 Å². The smallest absolute Gasteiger partial charge is 0.133 e. The number of piperidine rings is 1. The van der Waals surface area contributed by atoms with E-state index in [0.717, 1.165) is 36.6 Å². The van der Waals surface area contributed by atoms with Gasteiger partial charge in [-0.1, -0.05) is 30.7 Å². The fourth-order valence-electron chi connectivity index (χ4n) is 3.91. The molecule has 2 aliphatic rings. The Labute approximate surface area is 155 Å². The van der Waals surface area contributed by atoms with Gasteiger partial charge in [0.1, 0.15) is 30.3 Å². The second-order valence-electron chi connectivity index (χ2n) is 7.23. The lowest BCUT2D eigenvalue weighted by atomic mass is 10.1. The van der Waals surface area contributed by atoms with Crippen LogP contribution >= 0.6 is 0 Å². The van der Waals surface area contributed by atoms with Crippen LogP contribution in [0.2, 0.25) is 0 Å². The van der Waals surface area contributed by atoms with Crippen LogP contribution in [0.4, 0.5) is 0 Å². The van der Waals surface area contributed by atoms with Gasteiger partial charge in [0.15, 0.2) is 0 Å². The monoisotopic (exact) mass is 353 g/mol. The normalized spacial score (nSPS) is 22.8. The Morgan fingerprint density at radius 3 is 2.42 bits per heavy atom. The van der Waals surface area contributed by atoms with Crippen LogP contribution in [0.1, 0.15) is 36.5 Å². The molecule has 0 aromatic heterocycles. The van der Waals surface area contributed by atoms with Gasteiger partial charge >= 0.3 is 0 Å². The summed E-state index contributed by atoms with van der Waals surface area (Å²) in [7, 11) is 0. The predicted molar refractivity (Wildman–Crippen MR) is 102 cm³/mol. The Morgan fingerprint density at radius 2 is 1.65 bits per heavy atom. The molecule has 4 heteroatoms. The molecule has 4 nitrogen and oxygen atoms in total. The highest BCUT2D eigenvalue weighted by atomic mass is 16.5. The third-order valence-electron chi connectivity index (χ3n) is 5.38. The molecule has 26 heavy (non-hydrogen) atoms. The van der Waals surface area contributed by atoms with Gasteiger partial charge in [-0.3, -0.25) is 4.90 Å². The zero-order valence-corrected chi connectivity index (χ0v) is 15.1. The van der Waals surface area contributed by atoms with Gasteiger partial charge in [-0.15, -0.1) is 0 Å². The topological polar surface area (TPSA) is 41.9 Å². The van der Waals surface area contributed by atoms with E-state index in [4.69, 9.17) is 9.47 Å². The number of benzene rings is 2. The Bertz CT molecular complexity index is 710. The van der Waals surface area contributed by atoms with Crippen molar-refractivity contribution in [2.24, 2.45) is 0 Å². The van der Waals surface area contributed by atoms with Crippen molar-refractivity contribution in [3.05, 3.63) is 59.7 Å². The summed E-state index contributed by atoms with van der Waals surface area (Å²) in [5.74, 6) is 1.63. The van der Waals surface area contributed by atoms with Crippen LogP contribution in [0.3, 0.4) is 0 Å². The maximum atomic E-state index is 10.4. The van der Waals surface area contributed by atoms with E-state index in [9.17, 15) is 5.11 Å². The molecule has 1 N–H and O–H groups in total. The van der Waals surface area contributed by atoms with Crippen LogP contribution in [0, 0.1) is 0 Å². The van der Waals surface area contributed by atoms with Crippen LogP contribution in [-0.2, 0) is 6.42 Å². The lowest BCUT2D eigenvalue weighted by Gasteiger charge is -2.26. The molecule has 2 unspecified atom stereocenters. The molecule has 0 spiro atoms. The van der Waals surface area contributed by atoms with Crippen molar-refractivity contribution in [3.8, 4) is 11.5 Å². The molecule has 0 radical (unpaired) electrons. The number of fused-ring (bicyclic) bond motifs is 1. The second kappa shape index (κ2) is 8.11.